The molecule has 3 fully saturated rings. The smallest absolute Gasteiger partial charge is 0.313 e. The van der Waals surface area contributed by atoms with Gasteiger partial charge in [0.25, 0.3) is 0 Å². The zero-order valence-corrected chi connectivity index (χ0v) is 33.0. The summed E-state index contributed by atoms with van der Waals surface area (Å²) in [5, 5.41) is 23.2. The van der Waals surface area contributed by atoms with Crippen molar-refractivity contribution in [3.05, 3.63) is 23.3 Å². The molecule has 1 saturated heterocycles. The number of methoxy groups -OCH3 is 2. The van der Waals surface area contributed by atoms with Crippen LogP contribution < -0.4 is 0 Å². The van der Waals surface area contributed by atoms with Crippen LogP contribution >= 0.6 is 0 Å². The third kappa shape index (κ3) is 8.63. The molecule has 0 aromatic rings. The van der Waals surface area contributed by atoms with Crippen molar-refractivity contribution in [2.45, 2.75) is 161 Å². The Morgan fingerprint density at radius 3 is 2.22 bits per heavy atom. The van der Waals surface area contributed by atoms with E-state index in [1.54, 1.807) is 21.0 Å². The van der Waals surface area contributed by atoms with Crippen LogP contribution in [0.5, 0.6) is 0 Å². The van der Waals surface area contributed by atoms with Crippen LogP contribution in [-0.2, 0) is 33.4 Å². The normalized spacial score (nSPS) is 44.3. The number of fused-ring (bicyclic) bond motifs is 5. The van der Waals surface area contributed by atoms with E-state index in [1.807, 2.05) is 53.7 Å². The van der Waals surface area contributed by atoms with Gasteiger partial charge in [0, 0.05) is 50.0 Å². The number of hydrogen-bond acceptors (Lipinski definition) is 9. The van der Waals surface area contributed by atoms with E-state index in [-0.39, 0.29) is 67.2 Å². The van der Waals surface area contributed by atoms with E-state index in [0.717, 1.165) is 18.4 Å². The second-order valence-electron chi connectivity index (χ2n) is 17.8. The minimum absolute atomic E-state index is 0.0128. The first-order valence-electron chi connectivity index (χ1n) is 19.4. The zero-order chi connectivity index (χ0) is 38.1. The Kier molecular flexibility index (Phi) is 13.1. The Morgan fingerprint density at radius 1 is 0.922 bits per heavy atom. The highest BCUT2D eigenvalue weighted by atomic mass is 16.5. The largest absolute Gasteiger partial charge is 0.469 e. The first-order chi connectivity index (χ1) is 23.7. The van der Waals surface area contributed by atoms with Crippen LogP contribution in [0.4, 0.5) is 0 Å². The van der Waals surface area contributed by atoms with Crippen molar-refractivity contribution in [1.29, 1.82) is 0 Å². The molecule has 288 valence electrons. The average molecular weight is 715 g/mol. The highest BCUT2D eigenvalue weighted by Gasteiger charge is 2.63. The van der Waals surface area contributed by atoms with Gasteiger partial charge in [-0.2, -0.15) is 0 Å². The molecule has 0 aromatic carbocycles. The average Bonchev–Trinajstić information content (AvgIpc) is 3.05. The van der Waals surface area contributed by atoms with Crippen LogP contribution in [0.3, 0.4) is 0 Å². The number of esters is 1. The highest BCUT2D eigenvalue weighted by molar-refractivity contribution is 5.97. The molecule has 2 bridgehead atoms. The molecule has 51 heavy (non-hydrogen) atoms. The molecular weight excluding hydrogens is 648 g/mol. The Balaban J connectivity index is 2.01. The maximum atomic E-state index is 14.8. The van der Waals surface area contributed by atoms with Gasteiger partial charge in [-0.25, -0.2) is 0 Å². The summed E-state index contributed by atoms with van der Waals surface area (Å²) in [6.45, 7) is 15.2. The Bertz CT molecular complexity index is 1370. The van der Waals surface area contributed by atoms with Crippen molar-refractivity contribution in [1.82, 2.24) is 0 Å². The van der Waals surface area contributed by atoms with E-state index >= 15 is 0 Å². The molecule has 2 aliphatic carbocycles. The van der Waals surface area contributed by atoms with Crippen molar-refractivity contribution >= 4 is 23.3 Å². The van der Waals surface area contributed by atoms with Gasteiger partial charge in [-0.05, 0) is 90.0 Å². The highest BCUT2D eigenvalue weighted by Crippen LogP contribution is 2.58. The van der Waals surface area contributed by atoms with Crippen LogP contribution in [0.25, 0.3) is 0 Å². The monoisotopic (exact) mass is 714 g/mol. The predicted octanol–water partition coefficient (Wildman–Crippen LogP) is 6.90. The molecule has 0 amide bonds. The molecule has 0 spiro atoms. The molecule has 0 unspecified atom stereocenters. The lowest BCUT2D eigenvalue weighted by atomic mass is 9.50. The summed E-state index contributed by atoms with van der Waals surface area (Å²) >= 11 is 0. The van der Waals surface area contributed by atoms with E-state index in [4.69, 9.17) is 14.2 Å². The topological polar surface area (TPSA) is 136 Å². The van der Waals surface area contributed by atoms with Gasteiger partial charge in [0.2, 0.25) is 0 Å². The van der Waals surface area contributed by atoms with Crippen molar-refractivity contribution in [2.75, 3.05) is 14.2 Å². The van der Waals surface area contributed by atoms with E-state index in [1.165, 1.54) is 7.11 Å². The number of carbonyl (C=O) groups is 4. The molecule has 9 nitrogen and oxygen atoms in total. The Hall–Kier alpha value is -2.20. The molecule has 4 aliphatic rings. The molecular formula is C42H66O9. The predicted molar refractivity (Wildman–Crippen MR) is 196 cm³/mol. The lowest BCUT2D eigenvalue weighted by molar-refractivity contribution is -0.214. The number of allylic oxidation sites excluding steroid dienone is 2. The fraction of sp³-hybridized carbons (Fsp3) is 0.810. The van der Waals surface area contributed by atoms with E-state index in [0.29, 0.717) is 37.7 Å². The SMILES string of the molecule is COC(=O)[C@]12CC(=O)[C@H](C(C)C)CC(=O)[C@H](C)CCC[C@H](C)CC(=O)[C@H]1C[C@@](C)(OC)/C1=C\C[C@@](C)(O)[C@@H]3CC[C@](C)(O)[C@H](CC/C(C)=C/[C@@H]12)O3. The molecule has 2 saturated carbocycles. The first-order valence-corrected chi connectivity index (χ1v) is 19.4. The number of hydrogen-bond donors (Lipinski definition) is 2. The van der Waals surface area contributed by atoms with Gasteiger partial charge in [0.05, 0.1) is 41.5 Å². The molecule has 11 atom stereocenters. The molecule has 0 radical (unpaired) electrons. The molecule has 2 heterocycles. The second kappa shape index (κ2) is 16.0. The molecule has 2 N–H and O–H groups in total. The number of aliphatic hydroxyl groups is 2. The minimum atomic E-state index is -1.62. The van der Waals surface area contributed by atoms with Crippen molar-refractivity contribution < 1.29 is 43.6 Å². The lowest BCUT2D eigenvalue weighted by Crippen LogP contribution is -2.59. The number of Topliss-reactive ketones (excluding diaryl/α,β-unsaturated/α-hetero) is 3. The van der Waals surface area contributed by atoms with Crippen molar-refractivity contribution in [2.24, 2.45) is 40.9 Å². The summed E-state index contributed by atoms with van der Waals surface area (Å²) in [6, 6.07) is 0. The third-order valence-corrected chi connectivity index (χ3v) is 13.3. The molecule has 9 heteroatoms. The maximum Gasteiger partial charge on any atom is 0.313 e. The van der Waals surface area contributed by atoms with Gasteiger partial charge < -0.3 is 24.4 Å². The molecule has 2 aliphatic heterocycles. The van der Waals surface area contributed by atoms with Gasteiger partial charge >= 0.3 is 5.97 Å². The minimum Gasteiger partial charge on any atom is -0.469 e. The van der Waals surface area contributed by atoms with Crippen LogP contribution in [0, 0.1) is 40.9 Å². The van der Waals surface area contributed by atoms with Gasteiger partial charge in [-0.3, -0.25) is 19.2 Å². The van der Waals surface area contributed by atoms with Crippen molar-refractivity contribution in [3.8, 4) is 0 Å². The van der Waals surface area contributed by atoms with E-state index in [2.05, 4.69) is 0 Å². The first kappa shape index (κ1) is 41.6. The molecule has 0 aromatic heterocycles. The van der Waals surface area contributed by atoms with Crippen LogP contribution in [0.2, 0.25) is 0 Å². The standard InChI is InChI=1S/C42H66O9/c1-25(2)29-22-33(43)28(5)13-11-12-26(3)21-34(44)32-23-41(8,50-10)30-16-18-39(6,47)37-17-19-40(7,48)36(51-37)15-14-27(4)20-31(30)42(32,24-35(29)45)38(46)49-9/h16,20,25-26,28-29,31-32,36-37,47-48H,11-15,17-19,21-24H2,1-10H3/b27-20+,30-16-/t26-,28+,29-,31-,32+,36-,37-,39+,40-,41+,42-/m0/s1. The summed E-state index contributed by atoms with van der Waals surface area (Å²) < 4.78 is 18.4. The van der Waals surface area contributed by atoms with Gasteiger partial charge in [0.1, 0.15) is 17.3 Å². The second-order valence-corrected chi connectivity index (χ2v) is 17.8. The summed E-state index contributed by atoms with van der Waals surface area (Å²) in [4.78, 5) is 57.8. The Morgan fingerprint density at radius 2 is 1.59 bits per heavy atom. The lowest BCUT2D eigenvalue weighted by Gasteiger charge is -2.54. The zero-order valence-electron chi connectivity index (χ0n) is 33.0. The van der Waals surface area contributed by atoms with E-state index in [9.17, 15) is 29.4 Å². The number of ether oxygens (including phenoxy) is 3. The summed E-state index contributed by atoms with van der Waals surface area (Å²) in [5.41, 5.74) is -3.39. The van der Waals surface area contributed by atoms with Crippen LogP contribution in [0.1, 0.15) is 132 Å². The summed E-state index contributed by atoms with van der Waals surface area (Å²) in [5.74, 6) is -3.56. The third-order valence-electron chi connectivity index (χ3n) is 13.3. The fourth-order valence-electron chi connectivity index (χ4n) is 9.55. The number of ketones is 3. The molecule has 4 rings (SSSR count). The van der Waals surface area contributed by atoms with Gasteiger partial charge in [0.15, 0.2) is 0 Å². The maximum absolute atomic E-state index is 14.8. The van der Waals surface area contributed by atoms with Crippen molar-refractivity contribution in [3.63, 3.8) is 0 Å². The fourth-order valence-corrected chi connectivity index (χ4v) is 9.55. The van der Waals surface area contributed by atoms with Gasteiger partial charge in [-0.15, -0.1) is 0 Å². The summed E-state index contributed by atoms with van der Waals surface area (Å²) in [7, 11) is 2.92. The van der Waals surface area contributed by atoms with Crippen LogP contribution in [0.15, 0.2) is 23.3 Å². The number of carbonyl (C=O) groups excluding carboxylic acids is 4. The van der Waals surface area contributed by atoms with Gasteiger partial charge in [-0.1, -0.05) is 58.3 Å². The number of rotatable bonds is 3. The van der Waals surface area contributed by atoms with E-state index < -0.39 is 58.1 Å². The quantitative estimate of drug-likeness (QED) is 0.236. The Labute approximate surface area is 306 Å². The van der Waals surface area contributed by atoms with Crippen LogP contribution in [-0.4, -0.2) is 76.8 Å². The summed E-state index contributed by atoms with van der Waals surface area (Å²) in [6.07, 6.45) is 7.48.